The molecule has 8 nitrogen and oxygen atoms in total. The highest BCUT2D eigenvalue weighted by Gasteiger charge is 2.33. The Labute approximate surface area is 193 Å². The summed E-state index contributed by atoms with van der Waals surface area (Å²) >= 11 is 0. The summed E-state index contributed by atoms with van der Waals surface area (Å²) in [6, 6.07) is 10.3. The molecule has 0 aliphatic carbocycles. The first-order chi connectivity index (χ1) is 16.3. The van der Waals surface area contributed by atoms with Gasteiger partial charge in [-0.3, -0.25) is 4.79 Å². The van der Waals surface area contributed by atoms with Gasteiger partial charge >= 0.3 is 5.97 Å². The van der Waals surface area contributed by atoms with E-state index in [1.54, 1.807) is 6.92 Å². The number of hydrogen-bond acceptors (Lipinski definition) is 6. The Hall–Kier alpha value is -3.79. The van der Waals surface area contributed by atoms with Crippen LogP contribution in [0.3, 0.4) is 0 Å². The number of anilines is 1. The fraction of sp³-hybridized carbons (Fsp3) is 0.292. The van der Waals surface area contributed by atoms with Crippen LogP contribution in [0.1, 0.15) is 22.8 Å². The van der Waals surface area contributed by atoms with Crippen molar-refractivity contribution < 1.29 is 23.5 Å². The molecule has 4 rings (SSSR count). The Morgan fingerprint density at radius 1 is 1.29 bits per heavy atom. The summed E-state index contributed by atoms with van der Waals surface area (Å²) in [5, 5.41) is 13.1. The molecule has 2 heterocycles. The molecule has 0 saturated carbocycles. The maximum Gasteiger partial charge on any atom is 0.341 e. The van der Waals surface area contributed by atoms with Gasteiger partial charge in [-0.15, -0.1) is 0 Å². The Kier molecular flexibility index (Phi) is 6.60. The van der Waals surface area contributed by atoms with E-state index in [0.717, 1.165) is 17.8 Å². The van der Waals surface area contributed by atoms with Crippen LogP contribution in [0.4, 0.5) is 14.5 Å². The van der Waals surface area contributed by atoms with E-state index in [0.29, 0.717) is 5.71 Å². The van der Waals surface area contributed by atoms with Crippen molar-refractivity contribution in [2.75, 3.05) is 24.5 Å². The molecule has 2 aromatic carbocycles. The number of aromatic carboxylic acids is 1. The van der Waals surface area contributed by atoms with Crippen LogP contribution in [0.25, 0.3) is 10.9 Å². The molecule has 1 saturated heterocycles. The van der Waals surface area contributed by atoms with Crippen molar-refractivity contribution in [3.05, 3.63) is 75.6 Å². The minimum absolute atomic E-state index is 0.0968. The van der Waals surface area contributed by atoms with E-state index < -0.39 is 28.6 Å². The van der Waals surface area contributed by atoms with Gasteiger partial charge in [-0.05, 0) is 18.6 Å². The maximum absolute atomic E-state index is 15.7. The predicted molar refractivity (Wildman–Crippen MR) is 124 cm³/mol. The number of carbonyl (C=O) groups is 1. The number of nitrogens with two attached hydrogens (primary N) is 1. The van der Waals surface area contributed by atoms with E-state index in [4.69, 9.17) is 10.6 Å². The summed E-state index contributed by atoms with van der Waals surface area (Å²) in [4.78, 5) is 30.9. The zero-order valence-corrected chi connectivity index (χ0v) is 18.5. The van der Waals surface area contributed by atoms with Gasteiger partial charge in [0.1, 0.15) is 23.7 Å². The van der Waals surface area contributed by atoms with Crippen LogP contribution in [0, 0.1) is 17.6 Å². The predicted octanol–water partition coefficient (Wildman–Crippen LogP) is 2.97. The van der Waals surface area contributed by atoms with Gasteiger partial charge in [0.2, 0.25) is 5.43 Å². The van der Waals surface area contributed by atoms with Crippen LogP contribution in [-0.4, -0.2) is 41.0 Å². The number of halogens is 2. The van der Waals surface area contributed by atoms with Crippen molar-refractivity contribution in [1.29, 1.82) is 0 Å². The highest BCUT2D eigenvalue weighted by Crippen LogP contribution is 2.33. The highest BCUT2D eigenvalue weighted by atomic mass is 19.1. The number of hydrogen-bond donors (Lipinski definition) is 2. The molecule has 1 aliphatic rings. The molecule has 1 aromatic heterocycles. The molecule has 3 aromatic rings. The lowest BCUT2D eigenvalue weighted by Crippen LogP contribution is -2.26. The zero-order chi connectivity index (χ0) is 24.4. The second kappa shape index (κ2) is 9.60. The number of aromatic nitrogens is 1. The minimum Gasteiger partial charge on any atom is -0.477 e. The van der Waals surface area contributed by atoms with E-state index in [9.17, 15) is 14.7 Å². The van der Waals surface area contributed by atoms with E-state index in [-0.39, 0.29) is 55.3 Å². The SMILES string of the molecule is CCn1cc(C(=O)O)c(=O)c2cc(F)c(N3C/C(=N\OCc4ccccc4)C(CN)C3)c(F)c21. The van der Waals surface area contributed by atoms with Crippen LogP contribution in [0.2, 0.25) is 0 Å². The number of oxime groups is 1. The largest absolute Gasteiger partial charge is 0.477 e. The van der Waals surface area contributed by atoms with Gasteiger partial charge < -0.3 is 25.1 Å². The van der Waals surface area contributed by atoms with Crippen molar-refractivity contribution in [2.24, 2.45) is 16.8 Å². The molecule has 0 spiro atoms. The molecule has 0 radical (unpaired) electrons. The molecule has 1 unspecified atom stereocenters. The standard InChI is InChI=1S/C24H24F2N4O4/c1-2-29-11-17(24(32)33)23(31)16-8-18(25)22(20(26)21(16)29)30-10-15(9-27)19(12-30)28-34-13-14-6-4-3-5-7-14/h3-8,11,15H,2,9-10,12-13,27H2,1H3,(H,32,33)/b28-19+. The number of fused-ring (bicyclic) bond motifs is 1. The first-order valence-electron chi connectivity index (χ1n) is 10.8. The number of carboxylic acids is 1. The van der Waals surface area contributed by atoms with Gasteiger partial charge in [0.05, 0.1) is 23.2 Å². The van der Waals surface area contributed by atoms with E-state index in [1.165, 1.54) is 9.47 Å². The van der Waals surface area contributed by atoms with Crippen LogP contribution in [0.15, 0.2) is 52.5 Å². The van der Waals surface area contributed by atoms with Crippen LogP contribution in [0.5, 0.6) is 0 Å². The number of rotatable bonds is 7. The third-order valence-electron chi connectivity index (χ3n) is 5.92. The summed E-state index contributed by atoms with van der Waals surface area (Å²) in [5.74, 6) is -3.63. The number of nitrogens with zero attached hydrogens (tertiary/aromatic N) is 3. The molecule has 10 heteroatoms. The Morgan fingerprint density at radius 3 is 2.68 bits per heavy atom. The Morgan fingerprint density at radius 2 is 2.03 bits per heavy atom. The second-order valence-electron chi connectivity index (χ2n) is 8.04. The first-order valence-corrected chi connectivity index (χ1v) is 10.8. The van der Waals surface area contributed by atoms with Gasteiger partial charge in [-0.1, -0.05) is 35.5 Å². The molecule has 0 amide bonds. The quantitative estimate of drug-likeness (QED) is 0.514. The average molecular weight is 470 g/mol. The minimum atomic E-state index is -1.46. The fourth-order valence-corrected chi connectivity index (χ4v) is 4.18. The topological polar surface area (TPSA) is 110 Å². The van der Waals surface area contributed by atoms with Crippen molar-refractivity contribution in [3.8, 4) is 0 Å². The monoisotopic (exact) mass is 470 g/mol. The number of carboxylic acid groups (broad SMARTS) is 1. The van der Waals surface area contributed by atoms with Gasteiger partial charge in [0.25, 0.3) is 0 Å². The van der Waals surface area contributed by atoms with Crippen LogP contribution < -0.4 is 16.1 Å². The van der Waals surface area contributed by atoms with Crippen LogP contribution >= 0.6 is 0 Å². The van der Waals surface area contributed by atoms with Gasteiger partial charge in [-0.25, -0.2) is 13.6 Å². The van der Waals surface area contributed by atoms with Crippen molar-refractivity contribution >= 4 is 28.3 Å². The third-order valence-corrected chi connectivity index (χ3v) is 5.92. The van der Waals surface area contributed by atoms with Crippen molar-refractivity contribution in [3.63, 3.8) is 0 Å². The number of benzene rings is 2. The lowest BCUT2D eigenvalue weighted by molar-refractivity contribution is 0.0694. The average Bonchev–Trinajstić information content (AvgIpc) is 3.22. The number of aryl methyl sites for hydroxylation is 1. The lowest BCUT2D eigenvalue weighted by Gasteiger charge is -2.21. The smallest absolute Gasteiger partial charge is 0.341 e. The molecule has 34 heavy (non-hydrogen) atoms. The normalized spacial score (nSPS) is 17.0. The molecule has 178 valence electrons. The highest BCUT2D eigenvalue weighted by molar-refractivity contribution is 5.96. The number of pyridine rings is 1. The van der Waals surface area contributed by atoms with Crippen LogP contribution in [-0.2, 0) is 18.0 Å². The first kappa shape index (κ1) is 23.4. The summed E-state index contributed by atoms with van der Waals surface area (Å²) in [7, 11) is 0. The van der Waals surface area contributed by atoms with E-state index >= 15 is 8.78 Å². The molecular formula is C24H24F2N4O4. The third kappa shape index (κ3) is 4.24. The second-order valence-corrected chi connectivity index (χ2v) is 8.04. The Bertz CT molecular complexity index is 1320. The maximum atomic E-state index is 15.7. The van der Waals surface area contributed by atoms with E-state index in [2.05, 4.69) is 5.16 Å². The summed E-state index contributed by atoms with van der Waals surface area (Å²) < 4.78 is 32.1. The van der Waals surface area contributed by atoms with Crippen molar-refractivity contribution in [1.82, 2.24) is 4.57 Å². The van der Waals surface area contributed by atoms with Gasteiger partial charge in [0.15, 0.2) is 5.82 Å². The molecule has 3 N–H and O–H groups in total. The molecule has 1 fully saturated rings. The summed E-state index contributed by atoms with van der Waals surface area (Å²) in [6.07, 6.45) is 1.08. The zero-order valence-electron chi connectivity index (χ0n) is 18.5. The summed E-state index contributed by atoms with van der Waals surface area (Å²) in [6.45, 7) is 2.63. The fourth-order valence-electron chi connectivity index (χ4n) is 4.18. The van der Waals surface area contributed by atoms with Gasteiger partial charge in [0, 0.05) is 31.7 Å². The molecule has 0 bridgehead atoms. The van der Waals surface area contributed by atoms with E-state index in [1.807, 2.05) is 30.3 Å². The molecule has 1 atom stereocenters. The molecular weight excluding hydrogens is 446 g/mol. The molecule has 1 aliphatic heterocycles. The summed E-state index contributed by atoms with van der Waals surface area (Å²) in [5.41, 5.74) is 5.41. The van der Waals surface area contributed by atoms with Gasteiger partial charge in [-0.2, -0.15) is 0 Å². The van der Waals surface area contributed by atoms with Crippen molar-refractivity contribution in [2.45, 2.75) is 20.1 Å². The lowest BCUT2D eigenvalue weighted by atomic mass is 10.1. The Balaban J connectivity index is 1.70.